The monoisotopic (exact) mass is 320 g/mol. The van der Waals surface area contributed by atoms with Gasteiger partial charge in [0.2, 0.25) is 0 Å². The van der Waals surface area contributed by atoms with Gasteiger partial charge in [-0.2, -0.15) is 5.10 Å². The van der Waals surface area contributed by atoms with Crippen molar-refractivity contribution in [3.63, 3.8) is 0 Å². The van der Waals surface area contributed by atoms with E-state index in [1.807, 2.05) is 31.3 Å². The van der Waals surface area contributed by atoms with Crippen molar-refractivity contribution >= 4 is 40.2 Å². The molecule has 108 valence electrons. The van der Waals surface area contributed by atoms with Crippen LogP contribution in [0.3, 0.4) is 0 Å². The Kier molecular flexibility index (Phi) is 3.96. The number of nitrogens with one attached hydrogen (secondary N) is 1. The molecule has 6 nitrogen and oxygen atoms in total. The highest BCUT2D eigenvalue weighted by atomic mass is 35.5. The summed E-state index contributed by atoms with van der Waals surface area (Å²) in [4.78, 5) is 9.93. The Labute approximate surface area is 130 Å². The minimum absolute atomic E-state index is 0.572. The van der Waals surface area contributed by atoms with Crippen LogP contribution in [-0.4, -0.2) is 19.7 Å². The lowest BCUT2D eigenvalue weighted by Gasteiger charge is -2.06. The highest BCUT2D eigenvalue weighted by Crippen LogP contribution is 2.29. The number of nitrogens with two attached hydrogens (primary N) is 1. The van der Waals surface area contributed by atoms with Gasteiger partial charge in [0.1, 0.15) is 5.82 Å². The van der Waals surface area contributed by atoms with Gasteiger partial charge in [-0.1, -0.05) is 23.7 Å². The fraction of sp³-hybridized carbons (Fsp3) is 0.154. The lowest BCUT2D eigenvalue weighted by Crippen LogP contribution is -2.11. The van der Waals surface area contributed by atoms with Crippen molar-refractivity contribution in [2.75, 3.05) is 5.43 Å². The van der Waals surface area contributed by atoms with E-state index in [1.165, 1.54) is 0 Å². The number of nitrogens with zero attached hydrogens (tertiary/aromatic N) is 4. The van der Waals surface area contributed by atoms with E-state index in [-0.39, 0.29) is 0 Å². The molecule has 0 bridgehead atoms. The van der Waals surface area contributed by atoms with Crippen LogP contribution in [-0.2, 0) is 12.8 Å². The maximum Gasteiger partial charge on any atom is 0.163 e. The molecule has 0 aliphatic heterocycles. The standard InChI is InChI=1S/C13H13ClN6S/c1-20-13-8(6-16-20)12(19-15)17-11(18-13)7-21-10-5-3-2-4-9(10)14/h2-6H,7,15H2,1H3,(H,17,18,19). The number of thioether (sulfide) groups is 1. The first-order chi connectivity index (χ1) is 10.2. The zero-order valence-electron chi connectivity index (χ0n) is 11.2. The average Bonchev–Trinajstić information content (AvgIpc) is 2.87. The van der Waals surface area contributed by atoms with Crippen LogP contribution in [0.15, 0.2) is 35.4 Å². The summed E-state index contributed by atoms with van der Waals surface area (Å²) in [5.41, 5.74) is 3.34. The lowest BCUT2D eigenvalue weighted by molar-refractivity contribution is 0.782. The van der Waals surface area contributed by atoms with E-state index in [0.717, 1.165) is 21.0 Å². The van der Waals surface area contributed by atoms with Gasteiger partial charge in [0.25, 0.3) is 0 Å². The molecule has 0 aliphatic rings. The molecular weight excluding hydrogens is 308 g/mol. The van der Waals surface area contributed by atoms with E-state index in [0.29, 0.717) is 17.4 Å². The summed E-state index contributed by atoms with van der Waals surface area (Å²) in [6.45, 7) is 0. The Morgan fingerprint density at radius 2 is 2.14 bits per heavy atom. The van der Waals surface area contributed by atoms with Crippen LogP contribution >= 0.6 is 23.4 Å². The van der Waals surface area contributed by atoms with E-state index in [9.17, 15) is 0 Å². The van der Waals surface area contributed by atoms with E-state index < -0.39 is 0 Å². The van der Waals surface area contributed by atoms with Crippen LogP contribution in [0.25, 0.3) is 11.0 Å². The van der Waals surface area contributed by atoms with Crippen LogP contribution in [0.1, 0.15) is 5.82 Å². The molecule has 3 N–H and O–H groups in total. The smallest absolute Gasteiger partial charge is 0.163 e. The molecule has 0 saturated carbocycles. The molecule has 0 radical (unpaired) electrons. The van der Waals surface area contributed by atoms with Crippen molar-refractivity contribution in [1.29, 1.82) is 0 Å². The minimum Gasteiger partial charge on any atom is -0.308 e. The van der Waals surface area contributed by atoms with Crippen LogP contribution in [0.2, 0.25) is 5.02 Å². The Morgan fingerprint density at radius 3 is 2.90 bits per heavy atom. The summed E-state index contributed by atoms with van der Waals surface area (Å²) in [7, 11) is 1.83. The van der Waals surface area contributed by atoms with Gasteiger partial charge in [0.15, 0.2) is 11.5 Å². The molecule has 0 amide bonds. The molecule has 0 atom stereocenters. The second-order valence-electron chi connectivity index (χ2n) is 4.36. The third kappa shape index (κ3) is 2.80. The molecule has 8 heteroatoms. The number of aromatic nitrogens is 4. The van der Waals surface area contributed by atoms with Gasteiger partial charge in [-0.3, -0.25) is 4.68 Å². The molecule has 2 aromatic heterocycles. The minimum atomic E-state index is 0.572. The van der Waals surface area contributed by atoms with Crippen molar-refractivity contribution in [1.82, 2.24) is 19.7 Å². The summed E-state index contributed by atoms with van der Waals surface area (Å²) in [5.74, 6) is 7.36. The molecule has 0 spiro atoms. The molecule has 3 rings (SSSR count). The van der Waals surface area contributed by atoms with Crippen molar-refractivity contribution in [3.05, 3.63) is 41.3 Å². The summed E-state index contributed by atoms with van der Waals surface area (Å²) >= 11 is 7.72. The Morgan fingerprint density at radius 1 is 1.33 bits per heavy atom. The molecule has 0 fully saturated rings. The maximum atomic E-state index is 6.14. The van der Waals surface area contributed by atoms with Gasteiger partial charge in [0, 0.05) is 11.9 Å². The van der Waals surface area contributed by atoms with Crippen LogP contribution in [0.5, 0.6) is 0 Å². The number of benzene rings is 1. The molecule has 21 heavy (non-hydrogen) atoms. The van der Waals surface area contributed by atoms with Crippen LogP contribution in [0.4, 0.5) is 5.82 Å². The first-order valence-electron chi connectivity index (χ1n) is 6.21. The van der Waals surface area contributed by atoms with Gasteiger partial charge in [0.05, 0.1) is 22.4 Å². The zero-order chi connectivity index (χ0) is 14.8. The number of fused-ring (bicyclic) bond motifs is 1. The topological polar surface area (TPSA) is 81.7 Å². The molecule has 1 aromatic carbocycles. The fourth-order valence-electron chi connectivity index (χ4n) is 1.95. The van der Waals surface area contributed by atoms with Crippen molar-refractivity contribution in [2.45, 2.75) is 10.6 Å². The molecule has 3 aromatic rings. The van der Waals surface area contributed by atoms with Crippen LogP contribution in [0, 0.1) is 0 Å². The lowest BCUT2D eigenvalue weighted by atomic mass is 10.4. The first-order valence-corrected chi connectivity index (χ1v) is 7.58. The molecule has 0 unspecified atom stereocenters. The maximum absolute atomic E-state index is 6.14. The van der Waals surface area contributed by atoms with Crippen molar-refractivity contribution < 1.29 is 0 Å². The second kappa shape index (κ2) is 5.88. The molecule has 0 aliphatic carbocycles. The molecule has 0 saturated heterocycles. The third-order valence-corrected chi connectivity index (χ3v) is 4.48. The van der Waals surface area contributed by atoms with E-state index in [4.69, 9.17) is 17.4 Å². The predicted octanol–water partition coefficient (Wildman–Crippen LogP) is 2.59. The van der Waals surface area contributed by atoms with Gasteiger partial charge >= 0.3 is 0 Å². The van der Waals surface area contributed by atoms with Crippen molar-refractivity contribution in [3.8, 4) is 0 Å². The average molecular weight is 321 g/mol. The van der Waals surface area contributed by atoms with Crippen LogP contribution < -0.4 is 11.3 Å². The fourth-order valence-corrected chi connectivity index (χ4v) is 3.04. The number of aryl methyl sites for hydroxylation is 1. The quantitative estimate of drug-likeness (QED) is 0.437. The number of hydrazine groups is 1. The third-order valence-electron chi connectivity index (χ3n) is 2.97. The number of hydrogen-bond acceptors (Lipinski definition) is 6. The van der Waals surface area contributed by atoms with Gasteiger partial charge in [-0.15, -0.1) is 11.8 Å². The molecular formula is C13H13ClN6S. The Balaban J connectivity index is 1.90. The van der Waals surface area contributed by atoms with Gasteiger partial charge < -0.3 is 5.43 Å². The number of nitrogen functional groups attached to an aromatic ring is 1. The van der Waals surface area contributed by atoms with Gasteiger partial charge in [-0.25, -0.2) is 15.8 Å². The number of hydrogen-bond donors (Lipinski definition) is 2. The van der Waals surface area contributed by atoms with E-state index >= 15 is 0 Å². The van der Waals surface area contributed by atoms with E-state index in [2.05, 4.69) is 20.5 Å². The largest absolute Gasteiger partial charge is 0.308 e. The SMILES string of the molecule is Cn1ncc2c(NN)nc(CSc3ccccc3Cl)nc21. The number of rotatable bonds is 4. The highest BCUT2D eigenvalue weighted by molar-refractivity contribution is 7.98. The normalized spacial score (nSPS) is 11.0. The summed E-state index contributed by atoms with van der Waals surface area (Å²) in [5, 5.41) is 5.69. The summed E-state index contributed by atoms with van der Waals surface area (Å²) in [6, 6.07) is 7.69. The van der Waals surface area contributed by atoms with Gasteiger partial charge in [-0.05, 0) is 12.1 Å². The van der Waals surface area contributed by atoms with Crippen molar-refractivity contribution in [2.24, 2.45) is 12.9 Å². The zero-order valence-corrected chi connectivity index (χ0v) is 12.8. The first kappa shape index (κ1) is 14.1. The number of anilines is 1. The highest BCUT2D eigenvalue weighted by Gasteiger charge is 2.11. The van der Waals surface area contributed by atoms with E-state index in [1.54, 1.807) is 22.6 Å². The number of halogens is 1. The second-order valence-corrected chi connectivity index (χ2v) is 5.78. The Bertz CT molecular complexity index is 787. The predicted molar refractivity (Wildman–Crippen MR) is 85.1 cm³/mol. The summed E-state index contributed by atoms with van der Waals surface area (Å²) < 4.78 is 1.70. The molecule has 2 heterocycles. The summed E-state index contributed by atoms with van der Waals surface area (Å²) in [6.07, 6.45) is 1.69. The Hall–Kier alpha value is -1.83.